The third kappa shape index (κ3) is 4.53. The summed E-state index contributed by atoms with van der Waals surface area (Å²) >= 11 is 0. The number of benzene rings is 1. The Morgan fingerprint density at radius 3 is 2.47 bits per heavy atom. The third-order valence-corrected chi connectivity index (χ3v) is 2.66. The van der Waals surface area contributed by atoms with Gasteiger partial charge in [-0.15, -0.1) is 0 Å². The maximum Gasteiger partial charge on any atom is 0.223 e. The molecule has 17 heavy (non-hydrogen) atoms. The van der Waals surface area contributed by atoms with Gasteiger partial charge in [0.2, 0.25) is 5.91 Å². The van der Waals surface area contributed by atoms with Gasteiger partial charge >= 0.3 is 0 Å². The molecular formula is C13H19FN2O. The second-order valence-electron chi connectivity index (χ2n) is 4.27. The van der Waals surface area contributed by atoms with Crippen LogP contribution in [0.15, 0.2) is 24.3 Å². The number of nitrogens with zero attached hydrogens (tertiary/aromatic N) is 1. The molecule has 3 nitrogen and oxygen atoms in total. The molecule has 0 aliphatic carbocycles. The Labute approximate surface area is 102 Å². The highest BCUT2D eigenvalue weighted by Gasteiger charge is 2.07. The van der Waals surface area contributed by atoms with Crippen molar-refractivity contribution >= 4 is 5.91 Å². The Kier molecular flexibility index (Phi) is 5.10. The Balaban J connectivity index is 2.37. The minimum atomic E-state index is -0.233. The number of amides is 1. The molecule has 0 heterocycles. The van der Waals surface area contributed by atoms with E-state index in [0.29, 0.717) is 13.0 Å². The molecule has 0 fully saturated rings. The average Bonchev–Trinajstić information content (AvgIpc) is 2.29. The van der Waals surface area contributed by atoms with Gasteiger partial charge in [0.05, 0.1) is 0 Å². The van der Waals surface area contributed by atoms with Crippen molar-refractivity contribution in [2.45, 2.75) is 19.4 Å². The first-order chi connectivity index (χ1) is 8.00. The molecule has 0 aromatic heterocycles. The van der Waals surface area contributed by atoms with Gasteiger partial charge in [0.25, 0.3) is 0 Å². The Morgan fingerprint density at radius 2 is 1.94 bits per heavy atom. The van der Waals surface area contributed by atoms with Crippen LogP contribution in [-0.2, 0) is 4.79 Å². The molecule has 0 aliphatic heterocycles. The SMILES string of the molecule is C[C@@H](NCCC(=O)N(C)C)c1ccc(F)cc1. The van der Waals surface area contributed by atoms with E-state index < -0.39 is 0 Å². The van der Waals surface area contributed by atoms with Crippen LogP contribution >= 0.6 is 0 Å². The Hall–Kier alpha value is -1.42. The fourth-order valence-electron chi connectivity index (χ4n) is 1.49. The van der Waals surface area contributed by atoms with Crippen LogP contribution in [0.3, 0.4) is 0 Å². The summed E-state index contributed by atoms with van der Waals surface area (Å²) in [6.07, 6.45) is 0.471. The van der Waals surface area contributed by atoms with Crippen LogP contribution in [0.4, 0.5) is 4.39 Å². The van der Waals surface area contributed by atoms with Crippen molar-refractivity contribution in [3.05, 3.63) is 35.6 Å². The molecular weight excluding hydrogens is 219 g/mol. The van der Waals surface area contributed by atoms with Crippen LogP contribution in [-0.4, -0.2) is 31.4 Å². The van der Waals surface area contributed by atoms with E-state index in [2.05, 4.69) is 5.32 Å². The van der Waals surface area contributed by atoms with Crippen molar-refractivity contribution in [1.29, 1.82) is 0 Å². The standard InChI is InChI=1S/C13H19FN2O/c1-10(11-4-6-12(14)7-5-11)15-9-8-13(17)16(2)3/h4-7,10,15H,8-9H2,1-3H3/t10-/m1/s1. The molecule has 0 bridgehead atoms. The van der Waals surface area contributed by atoms with Crippen molar-refractivity contribution in [1.82, 2.24) is 10.2 Å². The molecule has 0 radical (unpaired) electrons. The maximum atomic E-state index is 12.7. The van der Waals surface area contributed by atoms with E-state index in [9.17, 15) is 9.18 Å². The van der Waals surface area contributed by atoms with Gasteiger partial charge in [-0.25, -0.2) is 4.39 Å². The fraction of sp³-hybridized carbons (Fsp3) is 0.462. The van der Waals surface area contributed by atoms with Gasteiger partial charge in [0.15, 0.2) is 0 Å². The van der Waals surface area contributed by atoms with Crippen molar-refractivity contribution in [3.63, 3.8) is 0 Å². The van der Waals surface area contributed by atoms with Crippen molar-refractivity contribution in [3.8, 4) is 0 Å². The predicted octanol–water partition coefficient (Wildman–Crippen LogP) is 1.95. The summed E-state index contributed by atoms with van der Waals surface area (Å²) < 4.78 is 12.7. The summed E-state index contributed by atoms with van der Waals surface area (Å²) in [6, 6.07) is 6.50. The third-order valence-electron chi connectivity index (χ3n) is 2.66. The van der Waals surface area contributed by atoms with Gasteiger partial charge < -0.3 is 10.2 Å². The van der Waals surface area contributed by atoms with E-state index in [1.165, 1.54) is 12.1 Å². The number of hydrogen-bond acceptors (Lipinski definition) is 2. The highest BCUT2D eigenvalue weighted by molar-refractivity contribution is 5.75. The van der Waals surface area contributed by atoms with E-state index in [-0.39, 0.29) is 17.8 Å². The first-order valence-corrected chi connectivity index (χ1v) is 5.69. The highest BCUT2D eigenvalue weighted by atomic mass is 19.1. The van der Waals surface area contributed by atoms with Gasteiger partial charge in [0.1, 0.15) is 5.82 Å². The van der Waals surface area contributed by atoms with Gasteiger partial charge in [-0.3, -0.25) is 4.79 Å². The molecule has 0 saturated heterocycles. The molecule has 1 atom stereocenters. The zero-order valence-electron chi connectivity index (χ0n) is 10.5. The second kappa shape index (κ2) is 6.35. The molecule has 0 spiro atoms. The zero-order chi connectivity index (χ0) is 12.8. The number of carbonyl (C=O) groups excluding carboxylic acids is 1. The summed E-state index contributed by atoms with van der Waals surface area (Å²) in [6.45, 7) is 2.61. The average molecular weight is 238 g/mol. The summed E-state index contributed by atoms with van der Waals surface area (Å²) in [5.74, 6) is -0.132. The van der Waals surface area contributed by atoms with Crippen LogP contribution in [0.1, 0.15) is 24.9 Å². The minimum Gasteiger partial charge on any atom is -0.349 e. The van der Waals surface area contributed by atoms with Crippen LogP contribution in [0, 0.1) is 5.82 Å². The quantitative estimate of drug-likeness (QED) is 0.850. The van der Waals surface area contributed by atoms with E-state index >= 15 is 0 Å². The van der Waals surface area contributed by atoms with Gasteiger partial charge in [0, 0.05) is 33.1 Å². The number of rotatable bonds is 5. The van der Waals surface area contributed by atoms with Crippen LogP contribution in [0.25, 0.3) is 0 Å². The Bertz CT molecular complexity index is 362. The number of carbonyl (C=O) groups is 1. The zero-order valence-corrected chi connectivity index (χ0v) is 10.5. The molecule has 94 valence electrons. The first kappa shape index (κ1) is 13.6. The van der Waals surface area contributed by atoms with Crippen molar-refractivity contribution < 1.29 is 9.18 Å². The molecule has 1 amide bonds. The summed E-state index contributed by atoms with van der Waals surface area (Å²) in [4.78, 5) is 12.9. The summed E-state index contributed by atoms with van der Waals surface area (Å²) in [5, 5.41) is 3.23. The highest BCUT2D eigenvalue weighted by Crippen LogP contribution is 2.12. The van der Waals surface area contributed by atoms with E-state index in [1.807, 2.05) is 6.92 Å². The minimum absolute atomic E-state index is 0.101. The van der Waals surface area contributed by atoms with Gasteiger partial charge in [-0.2, -0.15) is 0 Å². The normalized spacial score (nSPS) is 12.2. The van der Waals surface area contributed by atoms with Crippen LogP contribution < -0.4 is 5.32 Å². The molecule has 1 aromatic carbocycles. The van der Waals surface area contributed by atoms with Crippen molar-refractivity contribution in [2.75, 3.05) is 20.6 Å². The largest absolute Gasteiger partial charge is 0.349 e. The summed E-state index contributed by atoms with van der Waals surface area (Å²) in [5.41, 5.74) is 1.02. The molecule has 1 rings (SSSR count). The van der Waals surface area contributed by atoms with E-state index in [4.69, 9.17) is 0 Å². The molecule has 1 N–H and O–H groups in total. The Morgan fingerprint density at radius 1 is 1.35 bits per heavy atom. The first-order valence-electron chi connectivity index (χ1n) is 5.69. The second-order valence-corrected chi connectivity index (χ2v) is 4.27. The molecule has 4 heteroatoms. The molecule has 1 aromatic rings. The van der Waals surface area contributed by atoms with E-state index in [0.717, 1.165) is 5.56 Å². The lowest BCUT2D eigenvalue weighted by molar-refractivity contribution is -0.128. The number of halogens is 1. The molecule has 0 unspecified atom stereocenters. The lowest BCUT2D eigenvalue weighted by Gasteiger charge is -2.15. The fourth-order valence-corrected chi connectivity index (χ4v) is 1.49. The van der Waals surface area contributed by atoms with Gasteiger partial charge in [-0.1, -0.05) is 12.1 Å². The maximum absolute atomic E-state index is 12.7. The number of nitrogens with one attached hydrogen (secondary N) is 1. The monoisotopic (exact) mass is 238 g/mol. The lowest BCUT2D eigenvalue weighted by atomic mass is 10.1. The van der Waals surface area contributed by atoms with Crippen LogP contribution in [0.2, 0.25) is 0 Å². The van der Waals surface area contributed by atoms with Crippen molar-refractivity contribution in [2.24, 2.45) is 0 Å². The molecule has 0 aliphatic rings. The predicted molar refractivity (Wildman–Crippen MR) is 66.1 cm³/mol. The topological polar surface area (TPSA) is 32.3 Å². The van der Waals surface area contributed by atoms with Gasteiger partial charge in [-0.05, 0) is 24.6 Å². The summed E-state index contributed by atoms with van der Waals surface area (Å²) in [7, 11) is 3.48. The van der Waals surface area contributed by atoms with Crippen LogP contribution in [0.5, 0.6) is 0 Å². The van der Waals surface area contributed by atoms with E-state index in [1.54, 1.807) is 31.1 Å². The lowest BCUT2D eigenvalue weighted by Crippen LogP contribution is -2.28. The molecule has 0 saturated carbocycles. The smallest absolute Gasteiger partial charge is 0.223 e. The number of hydrogen-bond donors (Lipinski definition) is 1.